The Morgan fingerprint density at radius 1 is 1.05 bits per heavy atom. The number of nitrogens with zero attached hydrogens (tertiary/aromatic N) is 2. The van der Waals surface area contributed by atoms with Crippen LogP contribution in [0.15, 0.2) is 78.9 Å². The smallest absolute Gasteiger partial charge is 0.270 e. The number of nitrogens with one attached hydrogen (secondary N) is 1. The van der Waals surface area contributed by atoms with Crippen molar-refractivity contribution in [3.63, 3.8) is 0 Å². The first kappa shape index (κ1) is 28.3. The fourth-order valence-corrected chi connectivity index (χ4v) is 4.63. The predicted octanol–water partition coefficient (Wildman–Crippen LogP) is 5.66. The topological polar surface area (TPSA) is 91.7 Å². The average Bonchev–Trinajstić information content (AvgIpc) is 2.95. The van der Waals surface area contributed by atoms with Crippen molar-refractivity contribution in [2.24, 2.45) is 0 Å². The van der Waals surface area contributed by atoms with E-state index in [2.05, 4.69) is 18.0 Å². The molecule has 40 heavy (non-hydrogen) atoms. The summed E-state index contributed by atoms with van der Waals surface area (Å²) in [5, 5.41) is 12.1. The summed E-state index contributed by atoms with van der Waals surface area (Å²) in [5.41, 5.74) is 4.25. The van der Waals surface area contributed by atoms with Crippen LogP contribution in [-0.2, 0) is 29.0 Å². The second-order valence-electron chi connectivity index (χ2n) is 8.97. The predicted molar refractivity (Wildman–Crippen MR) is 159 cm³/mol. The van der Waals surface area contributed by atoms with Crippen LogP contribution in [0.5, 0.6) is 11.5 Å². The van der Waals surface area contributed by atoms with Crippen LogP contribution in [0.25, 0.3) is 6.08 Å². The molecule has 0 atom stereocenters. The Morgan fingerprint density at radius 2 is 1.80 bits per heavy atom. The highest BCUT2D eigenvalue weighted by atomic mass is 32.1. The summed E-state index contributed by atoms with van der Waals surface area (Å²) in [4.78, 5) is 27.7. The maximum Gasteiger partial charge on any atom is 0.270 e. The lowest BCUT2D eigenvalue weighted by molar-refractivity contribution is -0.122. The highest BCUT2D eigenvalue weighted by Gasteiger charge is 2.34. The molecule has 0 bridgehead atoms. The van der Waals surface area contributed by atoms with Gasteiger partial charge in [0.25, 0.3) is 11.8 Å². The zero-order valence-corrected chi connectivity index (χ0v) is 23.2. The molecule has 202 valence electrons. The SMILES string of the molecule is C=CCc1cc(/C=C2\C(=O)NC(=S)N(c3ccc(CC)cc3)C2=O)cc(OCC)c1OCc1ccccc1C#N. The molecule has 1 saturated heterocycles. The number of carbonyl (C=O) groups is 2. The number of rotatable bonds is 10. The van der Waals surface area contributed by atoms with Gasteiger partial charge < -0.3 is 9.47 Å². The summed E-state index contributed by atoms with van der Waals surface area (Å²) in [6.07, 6.45) is 4.57. The van der Waals surface area contributed by atoms with E-state index in [1.807, 2.05) is 56.3 Å². The van der Waals surface area contributed by atoms with E-state index in [4.69, 9.17) is 21.7 Å². The Labute approximate surface area is 239 Å². The molecule has 0 aliphatic carbocycles. The summed E-state index contributed by atoms with van der Waals surface area (Å²) in [5.74, 6) is -0.132. The van der Waals surface area contributed by atoms with Crippen molar-refractivity contribution < 1.29 is 19.1 Å². The number of nitriles is 1. The molecule has 3 aromatic carbocycles. The molecule has 1 N–H and O–H groups in total. The van der Waals surface area contributed by atoms with Gasteiger partial charge in [0.05, 0.1) is 23.9 Å². The number of ether oxygens (including phenoxy) is 2. The summed E-state index contributed by atoms with van der Waals surface area (Å²) in [6, 6.07) is 20.4. The van der Waals surface area contributed by atoms with E-state index in [1.165, 1.54) is 11.0 Å². The van der Waals surface area contributed by atoms with Crippen LogP contribution in [0.4, 0.5) is 5.69 Å². The van der Waals surface area contributed by atoms with Gasteiger partial charge in [0.2, 0.25) is 0 Å². The summed E-state index contributed by atoms with van der Waals surface area (Å²) < 4.78 is 12.1. The Hall–Kier alpha value is -4.74. The standard InChI is InChI=1S/C32H29N3O4S/c1-4-9-23-16-22(18-28(38-6-3)29(23)39-20-25-11-8-7-10-24(25)19-33)17-27-30(36)34-32(40)35(31(27)37)26-14-12-21(5-2)13-15-26/h4,7-8,10-18H,1,5-6,9,20H2,2-3H3,(H,34,36,40)/b27-17+. The molecule has 1 fully saturated rings. The number of aryl methyl sites for hydroxylation is 1. The lowest BCUT2D eigenvalue weighted by Gasteiger charge is -2.29. The van der Waals surface area contributed by atoms with Gasteiger partial charge in [-0.25, -0.2) is 0 Å². The molecule has 3 aromatic rings. The van der Waals surface area contributed by atoms with Crippen molar-refractivity contribution in [1.29, 1.82) is 5.26 Å². The van der Waals surface area contributed by atoms with Crippen LogP contribution in [-0.4, -0.2) is 23.5 Å². The van der Waals surface area contributed by atoms with E-state index in [-0.39, 0.29) is 17.3 Å². The summed E-state index contributed by atoms with van der Waals surface area (Å²) in [6.45, 7) is 8.29. The van der Waals surface area contributed by atoms with Gasteiger partial charge in [-0.2, -0.15) is 5.26 Å². The van der Waals surface area contributed by atoms with Crippen LogP contribution in [0, 0.1) is 11.3 Å². The van der Waals surface area contributed by atoms with Gasteiger partial charge in [-0.1, -0.05) is 43.3 Å². The molecule has 1 aliphatic rings. The first-order valence-corrected chi connectivity index (χ1v) is 13.3. The largest absolute Gasteiger partial charge is 0.490 e. The molecule has 7 nitrogen and oxygen atoms in total. The molecule has 0 saturated carbocycles. The fraction of sp³-hybridized carbons (Fsp3) is 0.188. The lowest BCUT2D eigenvalue weighted by atomic mass is 10.0. The Bertz CT molecular complexity index is 1540. The van der Waals surface area contributed by atoms with E-state index >= 15 is 0 Å². The van der Waals surface area contributed by atoms with Gasteiger partial charge in [0.15, 0.2) is 16.6 Å². The van der Waals surface area contributed by atoms with Crippen LogP contribution < -0.4 is 19.7 Å². The Balaban J connectivity index is 1.72. The number of anilines is 1. The maximum absolute atomic E-state index is 13.5. The number of thiocarbonyl (C=S) groups is 1. The molecular formula is C32H29N3O4S. The summed E-state index contributed by atoms with van der Waals surface area (Å²) in [7, 11) is 0. The van der Waals surface area contributed by atoms with Gasteiger partial charge in [-0.05, 0) is 79.5 Å². The molecule has 8 heteroatoms. The lowest BCUT2D eigenvalue weighted by Crippen LogP contribution is -2.54. The van der Waals surface area contributed by atoms with Gasteiger partial charge in [-0.3, -0.25) is 19.8 Å². The third-order valence-corrected chi connectivity index (χ3v) is 6.63. The number of amides is 2. The van der Waals surface area contributed by atoms with E-state index in [9.17, 15) is 14.9 Å². The van der Waals surface area contributed by atoms with Crippen LogP contribution in [0.1, 0.15) is 41.7 Å². The molecule has 4 rings (SSSR count). The molecule has 2 amide bonds. The maximum atomic E-state index is 13.5. The van der Waals surface area contributed by atoms with Crippen molar-refractivity contribution >= 4 is 40.9 Å². The van der Waals surface area contributed by atoms with Crippen molar-refractivity contribution in [3.8, 4) is 17.6 Å². The number of allylic oxidation sites excluding steroid dienone is 1. The average molecular weight is 552 g/mol. The second kappa shape index (κ2) is 12.9. The third kappa shape index (κ3) is 6.11. The Morgan fingerprint density at radius 3 is 2.48 bits per heavy atom. The zero-order chi connectivity index (χ0) is 28.6. The fourth-order valence-electron chi connectivity index (χ4n) is 4.35. The molecular weight excluding hydrogens is 522 g/mol. The monoisotopic (exact) mass is 551 g/mol. The number of carbonyl (C=O) groups excluding carboxylic acids is 2. The van der Waals surface area contributed by atoms with Crippen molar-refractivity contribution in [2.75, 3.05) is 11.5 Å². The Kier molecular flexibility index (Phi) is 9.10. The minimum absolute atomic E-state index is 0.0279. The van der Waals surface area contributed by atoms with Crippen molar-refractivity contribution in [2.45, 2.75) is 33.3 Å². The van der Waals surface area contributed by atoms with Crippen LogP contribution >= 0.6 is 12.2 Å². The highest BCUT2D eigenvalue weighted by Crippen LogP contribution is 2.36. The van der Waals surface area contributed by atoms with Crippen molar-refractivity contribution in [3.05, 3.63) is 107 Å². The summed E-state index contributed by atoms with van der Waals surface area (Å²) >= 11 is 5.34. The van der Waals surface area contributed by atoms with Gasteiger partial charge in [0, 0.05) is 11.1 Å². The minimum atomic E-state index is -0.576. The quantitative estimate of drug-likeness (QED) is 0.151. The number of hydrogen-bond acceptors (Lipinski definition) is 6. The first-order valence-electron chi connectivity index (χ1n) is 12.9. The molecule has 1 aliphatic heterocycles. The number of hydrogen-bond donors (Lipinski definition) is 1. The van der Waals surface area contributed by atoms with Crippen molar-refractivity contribution in [1.82, 2.24) is 5.32 Å². The van der Waals surface area contributed by atoms with Gasteiger partial charge >= 0.3 is 0 Å². The van der Waals surface area contributed by atoms with E-state index in [0.717, 1.165) is 23.1 Å². The molecule has 0 unspecified atom stereocenters. The van der Waals surface area contributed by atoms with Gasteiger partial charge in [0.1, 0.15) is 12.2 Å². The molecule has 0 spiro atoms. The minimum Gasteiger partial charge on any atom is -0.490 e. The first-order chi connectivity index (χ1) is 19.4. The molecule has 0 aromatic heterocycles. The third-order valence-electron chi connectivity index (χ3n) is 6.34. The number of benzene rings is 3. The van der Waals surface area contributed by atoms with E-state index in [1.54, 1.807) is 24.3 Å². The van der Waals surface area contributed by atoms with Gasteiger partial charge in [-0.15, -0.1) is 6.58 Å². The van der Waals surface area contributed by atoms with E-state index in [0.29, 0.717) is 41.3 Å². The van der Waals surface area contributed by atoms with Crippen LogP contribution in [0.3, 0.4) is 0 Å². The second-order valence-corrected chi connectivity index (χ2v) is 9.36. The molecule has 1 heterocycles. The zero-order valence-electron chi connectivity index (χ0n) is 22.4. The normalized spacial score (nSPS) is 14.1. The highest BCUT2D eigenvalue weighted by molar-refractivity contribution is 7.80. The van der Waals surface area contributed by atoms with Crippen LogP contribution in [0.2, 0.25) is 0 Å². The molecule has 0 radical (unpaired) electrons. The van der Waals surface area contributed by atoms with E-state index < -0.39 is 11.8 Å².